The molecule has 1 aliphatic rings. The number of hydrogen-bond acceptors (Lipinski definition) is 6. The van der Waals surface area contributed by atoms with E-state index < -0.39 is 11.9 Å². The third-order valence-corrected chi connectivity index (χ3v) is 7.19. The molecule has 1 fully saturated rings. The number of carbonyl (C=O) groups excluding carboxylic acids is 2. The summed E-state index contributed by atoms with van der Waals surface area (Å²) in [6.45, 7) is 11.7. The summed E-state index contributed by atoms with van der Waals surface area (Å²) in [5.74, 6) is 1.59. The zero-order valence-corrected chi connectivity index (χ0v) is 23.6. The summed E-state index contributed by atoms with van der Waals surface area (Å²) in [5, 5.41) is 0. The molecule has 0 aromatic heterocycles. The van der Waals surface area contributed by atoms with E-state index in [4.69, 9.17) is 18.9 Å². The van der Waals surface area contributed by atoms with Gasteiger partial charge in [0.1, 0.15) is 24.7 Å². The second kappa shape index (κ2) is 15.3. The molecule has 2 aromatic carbocycles. The Labute approximate surface area is 233 Å². The molecule has 0 amide bonds. The molecule has 1 saturated carbocycles. The van der Waals surface area contributed by atoms with Crippen LogP contribution in [0.4, 0.5) is 0 Å². The molecular formula is C33H42O6. The van der Waals surface area contributed by atoms with Gasteiger partial charge in [0.05, 0.1) is 12.2 Å². The SMILES string of the molecule is C=C(C)C(=O)Oc1ccc(-c2ccc(OCCOC(=O)C(=C)COC)cc2C2CCC(CCCC)CC2)cc1. The van der Waals surface area contributed by atoms with Crippen molar-refractivity contribution in [2.75, 3.05) is 26.9 Å². The van der Waals surface area contributed by atoms with E-state index in [2.05, 4.69) is 32.2 Å². The van der Waals surface area contributed by atoms with Gasteiger partial charge in [0, 0.05) is 12.7 Å². The van der Waals surface area contributed by atoms with Gasteiger partial charge in [0.25, 0.3) is 0 Å². The van der Waals surface area contributed by atoms with E-state index in [1.54, 1.807) is 6.92 Å². The highest BCUT2D eigenvalue weighted by atomic mass is 16.6. The Bertz CT molecular complexity index is 1130. The first-order valence-corrected chi connectivity index (χ1v) is 13.9. The number of unbranched alkanes of at least 4 members (excludes halogenated alkanes) is 1. The van der Waals surface area contributed by atoms with Crippen molar-refractivity contribution in [1.29, 1.82) is 0 Å². The van der Waals surface area contributed by atoms with E-state index in [0.29, 0.717) is 17.2 Å². The monoisotopic (exact) mass is 534 g/mol. The van der Waals surface area contributed by atoms with Crippen LogP contribution in [0.15, 0.2) is 66.8 Å². The summed E-state index contributed by atoms with van der Waals surface area (Å²) in [6.07, 6.45) is 8.65. The van der Waals surface area contributed by atoms with E-state index in [1.807, 2.05) is 30.3 Å². The highest BCUT2D eigenvalue weighted by molar-refractivity contribution is 5.89. The van der Waals surface area contributed by atoms with Gasteiger partial charge in [-0.3, -0.25) is 0 Å². The van der Waals surface area contributed by atoms with E-state index in [0.717, 1.165) is 35.6 Å². The molecule has 39 heavy (non-hydrogen) atoms. The van der Waals surface area contributed by atoms with Gasteiger partial charge in [-0.15, -0.1) is 0 Å². The van der Waals surface area contributed by atoms with Crippen LogP contribution in [0, 0.1) is 5.92 Å². The number of rotatable bonds is 14. The standard InChI is InChI=1S/C33H42O6/c1-6-7-8-25-9-11-27(12-10-25)31-21-29(37-19-20-38-33(35)24(4)22-36-5)17-18-30(31)26-13-15-28(16-14-26)39-32(34)23(2)3/h13-18,21,25,27H,2,4,6-12,19-20,22H2,1,3,5H3. The smallest absolute Gasteiger partial charge is 0.338 e. The van der Waals surface area contributed by atoms with Crippen molar-refractivity contribution in [2.45, 2.75) is 64.7 Å². The third kappa shape index (κ3) is 9.10. The highest BCUT2D eigenvalue weighted by Gasteiger charge is 2.25. The molecule has 2 aromatic rings. The fraction of sp³-hybridized carbons (Fsp3) is 0.455. The minimum Gasteiger partial charge on any atom is -0.490 e. The van der Waals surface area contributed by atoms with Crippen LogP contribution in [0.5, 0.6) is 11.5 Å². The first kappa shape index (κ1) is 30.2. The van der Waals surface area contributed by atoms with Crippen molar-refractivity contribution >= 4 is 11.9 Å². The van der Waals surface area contributed by atoms with Crippen LogP contribution in [0.2, 0.25) is 0 Å². The molecule has 6 nitrogen and oxygen atoms in total. The van der Waals surface area contributed by atoms with E-state index >= 15 is 0 Å². The van der Waals surface area contributed by atoms with Crippen molar-refractivity contribution in [1.82, 2.24) is 0 Å². The molecule has 0 bridgehead atoms. The molecular weight excluding hydrogens is 492 g/mol. The summed E-state index contributed by atoms with van der Waals surface area (Å²) >= 11 is 0. The fourth-order valence-electron chi connectivity index (χ4n) is 5.01. The molecule has 0 N–H and O–H groups in total. The Morgan fingerprint density at radius 3 is 2.26 bits per heavy atom. The summed E-state index contributed by atoms with van der Waals surface area (Å²) in [4.78, 5) is 23.8. The predicted octanol–water partition coefficient (Wildman–Crippen LogP) is 7.42. The molecule has 0 aliphatic heterocycles. The van der Waals surface area contributed by atoms with Crippen LogP contribution >= 0.6 is 0 Å². The van der Waals surface area contributed by atoms with Gasteiger partial charge < -0.3 is 18.9 Å². The van der Waals surface area contributed by atoms with Gasteiger partial charge in [-0.25, -0.2) is 9.59 Å². The lowest BCUT2D eigenvalue weighted by Gasteiger charge is -2.30. The van der Waals surface area contributed by atoms with E-state index in [1.165, 1.54) is 44.8 Å². The van der Waals surface area contributed by atoms with Gasteiger partial charge >= 0.3 is 11.9 Å². The van der Waals surface area contributed by atoms with Crippen molar-refractivity contribution in [3.63, 3.8) is 0 Å². The largest absolute Gasteiger partial charge is 0.490 e. The average Bonchev–Trinajstić information content (AvgIpc) is 2.94. The van der Waals surface area contributed by atoms with Crippen molar-refractivity contribution < 1.29 is 28.5 Å². The van der Waals surface area contributed by atoms with Gasteiger partial charge in [0.15, 0.2) is 0 Å². The van der Waals surface area contributed by atoms with Crippen LogP contribution in [-0.4, -0.2) is 38.9 Å². The van der Waals surface area contributed by atoms with Crippen LogP contribution in [0.3, 0.4) is 0 Å². The Balaban J connectivity index is 1.74. The number of ether oxygens (including phenoxy) is 4. The predicted molar refractivity (Wildman–Crippen MR) is 154 cm³/mol. The van der Waals surface area contributed by atoms with Gasteiger partial charge in [0.2, 0.25) is 0 Å². The lowest BCUT2D eigenvalue weighted by Crippen LogP contribution is -2.16. The summed E-state index contributed by atoms with van der Waals surface area (Å²) < 4.78 is 21.5. The molecule has 0 spiro atoms. The normalized spacial score (nSPS) is 16.8. The van der Waals surface area contributed by atoms with Crippen LogP contribution in [-0.2, 0) is 19.1 Å². The first-order chi connectivity index (χ1) is 18.8. The zero-order valence-electron chi connectivity index (χ0n) is 23.6. The quantitative estimate of drug-likeness (QED) is 0.109. The molecule has 0 unspecified atom stereocenters. The lowest BCUT2D eigenvalue weighted by atomic mass is 9.75. The Morgan fingerprint density at radius 2 is 1.62 bits per heavy atom. The Morgan fingerprint density at radius 1 is 0.923 bits per heavy atom. The topological polar surface area (TPSA) is 71.1 Å². The number of methoxy groups -OCH3 is 1. The first-order valence-electron chi connectivity index (χ1n) is 13.9. The van der Waals surface area contributed by atoms with E-state index in [9.17, 15) is 9.59 Å². The maximum atomic E-state index is 11.9. The molecule has 0 atom stereocenters. The lowest BCUT2D eigenvalue weighted by molar-refractivity contribution is -0.140. The molecule has 6 heteroatoms. The number of hydrogen-bond donors (Lipinski definition) is 0. The van der Waals surface area contributed by atoms with E-state index in [-0.39, 0.29) is 25.4 Å². The maximum absolute atomic E-state index is 11.9. The minimum atomic E-state index is -0.478. The van der Waals surface area contributed by atoms with Gasteiger partial charge in [-0.2, -0.15) is 0 Å². The second-order valence-corrected chi connectivity index (χ2v) is 10.3. The minimum absolute atomic E-state index is 0.131. The molecule has 1 aliphatic carbocycles. The van der Waals surface area contributed by atoms with Gasteiger partial charge in [-0.1, -0.05) is 57.5 Å². The second-order valence-electron chi connectivity index (χ2n) is 10.3. The average molecular weight is 535 g/mol. The Kier molecular flexibility index (Phi) is 11.8. The van der Waals surface area contributed by atoms with Crippen molar-refractivity contribution in [2.24, 2.45) is 5.92 Å². The summed E-state index contributed by atoms with van der Waals surface area (Å²) in [7, 11) is 1.51. The van der Waals surface area contributed by atoms with Gasteiger partial charge in [-0.05, 0) is 85.4 Å². The molecule has 0 heterocycles. The maximum Gasteiger partial charge on any atom is 0.338 e. The molecule has 3 rings (SSSR count). The third-order valence-electron chi connectivity index (χ3n) is 7.19. The van der Waals surface area contributed by atoms with Crippen molar-refractivity contribution in [3.05, 3.63) is 72.3 Å². The fourth-order valence-corrected chi connectivity index (χ4v) is 5.01. The number of esters is 2. The van der Waals surface area contributed by atoms with Crippen LogP contribution in [0.1, 0.15) is 70.3 Å². The van der Waals surface area contributed by atoms with Crippen LogP contribution in [0.25, 0.3) is 11.1 Å². The van der Waals surface area contributed by atoms with Crippen LogP contribution < -0.4 is 9.47 Å². The molecule has 0 saturated heterocycles. The highest BCUT2D eigenvalue weighted by Crippen LogP contribution is 2.42. The summed E-state index contributed by atoms with van der Waals surface area (Å²) in [6, 6.07) is 13.8. The molecule has 0 radical (unpaired) electrons. The number of carbonyl (C=O) groups is 2. The Hall–Kier alpha value is -3.38. The molecule has 210 valence electrons. The summed E-state index contributed by atoms with van der Waals surface area (Å²) in [5.41, 5.74) is 4.11. The zero-order chi connectivity index (χ0) is 28.2. The number of benzene rings is 2. The van der Waals surface area contributed by atoms with Crippen molar-refractivity contribution in [3.8, 4) is 22.6 Å².